The van der Waals surface area contributed by atoms with Crippen molar-refractivity contribution in [2.45, 2.75) is 25.8 Å². The van der Waals surface area contributed by atoms with Crippen molar-refractivity contribution in [2.75, 3.05) is 33.4 Å². The molecule has 0 spiro atoms. The number of methoxy groups -OCH3 is 1. The first-order valence-corrected chi connectivity index (χ1v) is 7.23. The second kappa shape index (κ2) is 7.04. The predicted octanol–water partition coefficient (Wildman–Crippen LogP) is 2.22. The molecule has 0 amide bonds. The first-order valence-electron chi connectivity index (χ1n) is 7.23. The van der Waals surface area contributed by atoms with Crippen LogP contribution in [0.5, 0.6) is 0 Å². The van der Waals surface area contributed by atoms with Crippen molar-refractivity contribution in [1.82, 2.24) is 4.90 Å². The Morgan fingerprint density at radius 3 is 2.74 bits per heavy atom. The Morgan fingerprint density at radius 1 is 1.37 bits per heavy atom. The van der Waals surface area contributed by atoms with E-state index in [1.807, 2.05) is 0 Å². The number of ether oxygens (including phenoxy) is 1. The van der Waals surface area contributed by atoms with Crippen LogP contribution < -0.4 is 5.73 Å². The lowest BCUT2D eigenvalue weighted by Gasteiger charge is -2.17. The summed E-state index contributed by atoms with van der Waals surface area (Å²) < 4.78 is 5.24. The molecule has 1 aromatic carbocycles. The average molecular weight is 262 g/mol. The minimum atomic E-state index is 0.451. The van der Waals surface area contributed by atoms with Crippen molar-refractivity contribution in [3.8, 4) is 0 Å². The van der Waals surface area contributed by atoms with Crippen molar-refractivity contribution in [1.29, 1.82) is 0 Å². The molecule has 1 saturated heterocycles. The Balaban J connectivity index is 1.86. The van der Waals surface area contributed by atoms with Gasteiger partial charge in [0.1, 0.15) is 0 Å². The zero-order chi connectivity index (χ0) is 13.7. The third-order valence-corrected chi connectivity index (χ3v) is 4.08. The lowest BCUT2D eigenvalue weighted by Crippen LogP contribution is -2.21. The molecule has 1 aromatic rings. The van der Waals surface area contributed by atoms with Crippen LogP contribution in [0.4, 0.5) is 0 Å². The fraction of sp³-hybridized carbons (Fsp3) is 0.625. The van der Waals surface area contributed by atoms with E-state index in [1.54, 1.807) is 7.11 Å². The maximum absolute atomic E-state index is 5.70. The van der Waals surface area contributed by atoms with Crippen LogP contribution in [0.2, 0.25) is 0 Å². The van der Waals surface area contributed by atoms with Crippen LogP contribution in [-0.2, 0) is 11.3 Å². The van der Waals surface area contributed by atoms with Crippen molar-refractivity contribution in [3.05, 3.63) is 35.4 Å². The highest BCUT2D eigenvalue weighted by Crippen LogP contribution is 2.20. The first-order chi connectivity index (χ1) is 9.22. The van der Waals surface area contributed by atoms with Gasteiger partial charge < -0.3 is 10.5 Å². The fourth-order valence-electron chi connectivity index (χ4n) is 2.77. The number of nitrogens with two attached hydrogens (primary N) is 1. The molecule has 0 aliphatic carbocycles. The molecule has 0 aromatic heterocycles. The highest BCUT2D eigenvalue weighted by atomic mass is 16.5. The number of hydrogen-bond acceptors (Lipinski definition) is 3. The fourth-order valence-corrected chi connectivity index (χ4v) is 2.77. The van der Waals surface area contributed by atoms with Crippen LogP contribution in [-0.4, -0.2) is 38.3 Å². The summed E-state index contributed by atoms with van der Waals surface area (Å²) >= 11 is 0. The van der Waals surface area contributed by atoms with Crippen LogP contribution in [0.25, 0.3) is 0 Å². The molecule has 0 saturated carbocycles. The zero-order valence-electron chi connectivity index (χ0n) is 12.1. The summed E-state index contributed by atoms with van der Waals surface area (Å²) in [6.45, 7) is 7.18. The van der Waals surface area contributed by atoms with Gasteiger partial charge >= 0.3 is 0 Å². The predicted molar refractivity (Wildman–Crippen MR) is 79.2 cm³/mol. The van der Waals surface area contributed by atoms with E-state index in [4.69, 9.17) is 10.5 Å². The first kappa shape index (κ1) is 14.5. The Morgan fingerprint density at radius 2 is 2.11 bits per heavy atom. The summed E-state index contributed by atoms with van der Waals surface area (Å²) in [5.41, 5.74) is 8.43. The molecule has 1 aliphatic rings. The smallest absolute Gasteiger partial charge is 0.0503 e. The van der Waals surface area contributed by atoms with Gasteiger partial charge in [-0.2, -0.15) is 0 Å². The highest BCUT2D eigenvalue weighted by Gasteiger charge is 2.22. The van der Waals surface area contributed by atoms with Gasteiger partial charge in [-0.3, -0.25) is 4.90 Å². The molecule has 0 radical (unpaired) electrons. The van der Waals surface area contributed by atoms with Crippen molar-refractivity contribution >= 4 is 0 Å². The van der Waals surface area contributed by atoms with Crippen LogP contribution in [0.3, 0.4) is 0 Å². The SMILES string of the molecule is COCC1CCN(Cc2ccc(C(C)CN)cc2)C1. The molecule has 2 atom stereocenters. The molecule has 19 heavy (non-hydrogen) atoms. The maximum Gasteiger partial charge on any atom is 0.0503 e. The van der Waals surface area contributed by atoms with Gasteiger partial charge in [0.2, 0.25) is 0 Å². The van der Waals surface area contributed by atoms with E-state index in [0.29, 0.717) is 18.4 Å². The van der Waals surface area contributed by atoms with Crippen LogP contribution >= 0.6 is 0 Å². The molecule has 2 N–H and O–H groups in total. The third-order valence-electron chi connectivity index (χ3n) is 4.08. The van der Waals surface area contributed by atoms with E-state index in [9.17, 15) is 0 Å². The van der Waals surface area contributed by atoms with Gasteiger partial charge in [-0.05, 0) is 42.5 Å². The number of likely N-dealkylation sites (tertiary alicyclic amines) is 1. The molecule has 3 heteroatoms. The molecule has 106 valence electrons. The summed E-state index contributed by atoms with van der Waals surface area (Å²) in [5, 5.41) is 0. The Hall–Kier alpha value is -0.900. The van der Waals surface area contributed by atoms with Gasteiger partial charge in [-0.25, -0.2) is 0 Å². The molecular weight excluding hydrogens is 236 g/mol. The lowest BCUT2D eigenvalue weighted by atomic mass is 10.00. The summed E-state index contributed by atoms with van der Waals surface area (Å²) in [7, 11) is 1.79. The van der Waals surface area contributed by atoms with Gasteiger partial charge in [-0.15, -0.1) is 0 Å². The second-order valence-corrected chi connectivity index (χ2v) is 5.72. The van der Waals surface area contributed by atoms with E-state index in [1.165, 1.54) is 24.1 Å². The Labute approximate surface area is 116 Å². The number of benzene rings is 1. The largest absolute Gasteiger partial charge is 0.384 e. The lowest BCUT2D eigenvalue weighted by molar-refractivity contribution is 0.152. The van der Waals surface area contributed by atoms with Crippen LogP contribution in [0.1, 0.15) is 30.4 Å². The normalized spacial score (nSPS) is 21.7. The third kappa shape index (κ3) is 4.03. The van der Waals surface area contributed by atoms with E-state index in [0.717, 1.165) is 19.7 Å². The number of rotatable bonds is 6. The summed E-state index contributed by atoms with van der Waals surface area (Å²) in [4.78, 5) is 2.52. The van der Waals surface area contributed by atoms with Gasteiger partial charge in [0, 0.05) is 20.2 Å². The summed E-state index contributed by atoms with van der Waals surface area (Å²) in [6, 6.07) is 8.92. The van der Waals surface area contributed by atoms with E-state index in [-0.39, 0.29) is 0 Å². The molecular formula is C16H26N2O. The Bertz CT molecular complexity index is 377. The minimum absolute atomic E-state index is 0.451. The molecule has 1 aliphatic heterocycles. The minimum Gasteiger partial charge on any atom is -0.384 e. The average Bonchev–Trinajstić information content (AvgIpc) is 2.86. The zero-order valence-corrected chi connectivity index (χ0v) is 12.1. The molecule has 2 rings (SSSR count). The quantitative estimate of drug-likeness (QED) is 0.854. The van der Waals surface area contributed by atoms with Gasteiger partial charge in [0.05, 0.1) is 6.61 Å². The van der Waals surface area contributed by atoms with Crippen molar-refractivity contribution < 1.29 is 4.74 Å². The summed E-state index contributed by atoms with van der Waals surface area (Å²) in [5.74, 6) is 1.16. The van der Waals surface area contributed by atoms with Gasteiger partial charge in [-0.1, -0.05) is 31.2 Å². The molecule has 1 heterocycles. The standard InChI is InChI=1S/C16H26N2O/c1-13(9-17)16-5-3-14(4-6-16)10-18-8-7-15(11-18)12-19-2/h3-6,13,15H,7-12,17H2,1-2H3. The van der Waals surface area contributed by atoms with Gasteiger partial charge in [0.15, 0.2) is 0 Å². The van der Waals surface area contributed by atoms with E-state index in [2.05, 4.69) is 36.1 Å². The highest BCUT2D eigenvalue weighted by molar-refractivity contribution is 5.25. The van der Waals surface area contributed by atoms with Crippen LogP contribution in [0.15, 0.2) is 24.3 Å². The van der Waals surface area contributed by atoms with Crippen molar-refractivity contribution in [2.24, 2.45) is 11.7 Å². The maximum atomic E-state index is 5.70. The molecule has 0 bridgehead atoms. The molecule has 2 unspecified atom stereocenters. The van der Waals surface area contributed by atoms with Crippen molar-refractivity contribution in [3.63, 3.8) is 0 Å². The number of nitrogens with zero attached hydrogens (tertiary/aromatic N) is 1. The van der Waals surface area contributed by atoms with Crippen LogP contribution in [0, 0.1) is 5.92 Å². The monoisotopic (exact) mass is 262 g/mol. The molecule has 3 nitrogen and oxygen atoms in total. The van der Waals surface area contributed by atoms with E-state index < -0.39 is 0 Å². The second-order valence-electron chi connectivity index (χ2n) is 5.72. The van der Waals surface area contributed by atoms with Gasteiger partial charge in [0.25, 0.3) is 0 Å². The number of hydrogen-bond donors (Lipinski definition) is 1. The van der Waals surface area contributed by atoms with E-state index >= 15 is 0 Å². The molecule has 1 fully saturated rings. The summed E-state index contributed by atoms with van der Waals surface area (Å²) in [6.07, 6.45) is 1.26. The Kier molecular flexibility index (Phi) is 5.37. The topological polar surface area (TPSA) is 38.5 Å².